The minimum Gasteiger partial charge on any atom is -0.300 e. The van der Waals surface area contributed by atoms with Crippen molar-refractivity contribution in [3.05, 3.63) is 48.0 Å². The number of Topliss-reactive ketones (excluding diaryl/α,β-unsaturated/α-hetero) is 1. The lowest BCUT2D eigenvalue weighted by Crippen LogP contribution is -1.98. The second kappa shape index (κ2) is 4.93. The van der Waals surface area contributed by atoms with Crippen LogP contribution in [0.4, 0.5) is 0 Å². The van der Waals surface area contributed by atoms with Crippen molar-refractivity contribution in [1.29, 1.82) is 0 Å². The molecule has 2 rings (SSSR count). The Morgan fingerprint density at radius 3 is 2.62 bits per heavy atom. The van der Waals surface area contributed by atoms with Gasteiger partial charge in [0.15, 0.2) is 0 Å². The summed E-state index contributed by atoms with van der Waals surface area (Å²) in [6.45, 7) is 1.92. The molecular weight excluding hydrogens is 196 g/mol. The summed E-state index contributed by atoms with van der Waals surface area (Å²) in [5.41, 5.74) is 1.28. The zero-order valence-corrected chi connectivity index (χ0v) is 9.57. The molecule has 0 aliphatic carbocycles. The number of benzene rings is 2. The lowest BCUT2D eigenvalue weighted by molar-refractivity contribution is -0.118. The van der Waals surface area contributed by atoms with Crippen LogP contribution in [0, 0.1) is 0 Å². The number of rotatable bonds is 4. The van der Waals surface area contributed by atoms with E-state index in [-0.39, 0.29) is 0 Å². The molecule has 0 spiro atoms. The highest BCUT2D eigenvalue weighted by molar-refractivity contribution is 5.86. The molecule has 2 aromatic rings. The maximum atomic E-state index is 11.3. The van der Waals surface area contributed by atoms with E-state index in [2.05, 4.69) is 30.3 Å². The Labute approximate surface area is 96.1 Å². The van der Waals surface area contributed by atoms with Crippen molar-refractivity contribution in [1.82, 2.24) is 0 Å². The van der Waals surface area contributed by atoms with Crippen molar-refractivity contribution in [3.8, 4) is 0 Å². The minimum absolute atomic E-state index is 0.341. The summed E-state index contributed by atoms with van der Waals surface area (Å²) in [6.07, 6.45) is 2.16. The largest absolute Gasteiger partial charge is 0.300 e. The van der Waals surface area contributed by atoms with Gasteiger partial charge in [-0.05, 0) is 22.8 Å². The maximum absolute atomic E-state index is 11.3. The summed E-state index contributed by atoms with van der Waals surface area (Å²) in [5, 5.41) is 2.53. The second-order valence-corrected chi connectivity index (χ2v) is 4.03. The highest BCUT2D eigenvalue weighted by Gasteiger charge is 2.03. The van der Waals surface area contributed by atoms with E-state index in [0.717, 1.165) is 6.42 Å². The Kier molecular flexibility index (Phi) is 3.35. The summed E-state index contributed by atoms with van der Waals surface area (Å²) in [4.78, 5) is 11.3. The Hall–Kier alpha value is -1.63. The first kappa shape index (κ1) is 10.9. The average Bonchev–Trinajstić information content (AvgIpc) is 2.35. The molecule has 0 aliphatic rings. The van der Waals surface area contributed by atoms with Gasteiger partial charge in [-0.15, -0.1) is 0 Å². The molecule has 0 radical (unpaired) electrons. The smallest absolute Gasteiger partial charge is 0.132 e. The number of hydrogen-bond acceptors (Lipinski definition) is 1. The number of carbonyl (C=O) groups excluding carboxylic acids is 1. The van der Waals surface area contributed by atoms with Gasteiger partial charge >= 0.3 is 0 Å². The first-order valence-electron chi connectivity index (χ1n) is 5.79. The molecule has 1 nitrogen and oxygen atoms in total. The van der Waals surface area contributed by atoms with E-state index >= 15 is 0 Å². The van der Waals surface area contributed by atoms with Crippen molar-refractivity contribution < 1.29 is 4.79 Å². The summed E-state index contributed by atoms with van der Waals surface area (Å²) < 4.78 is 0. The fourth-order valence-electron chi connectivity index (χ4n) is 1.96. The third-order valence-corrected chi connectivity index (χ3v) is 2.95. The lowest BCUT2D eigenvalue weighted by Gasteiger charge is -2.05. The highest BCUT2D eigenvalue weighted by Crippen LogP contribution is 2.19. The maximum Gasteiger partial charge on any atom is 0.132 e. The van der Waals surface area contributed by atoms with E-state index in [1.807, 2.05) is 19.1 Å². The van der Waals surface area contributed by atoms with Gasteiger partial charge in [0.25, 0.3) is 0 Å². The van der Waals surface area contributed by atoms with E-state index in [1.165, 1.54) is 16.3 Å². The van der Waals surface area contributed by atoms with Crippen molar-refractivity contribution in [2.45, 2.75) is 26.2 Å². The molecule has 82 valence electrons. The molecule has 0 saturated heterocycles. The topological polar surface area (TPSA) is 17.1 Å². The Morgan fingerprint density at radius 1 is 1.06 bits per heavy atom. The van der Waals surface area contributed by atoms with E-state index < -0.39 is 0 Å². The van der Waals surface area contributed by atoms with E-state index in [1.54, 1.807) is 0 Å². The summed E-state index contributed by atoms with van der Waals surface area (Å²) >= 11 is 0. The van der Waals surface area contributed by atoms with Gasteiger partial charge in [-0.1, -0.05) is 49.4 Å². The summed E-state index contributed by atoms with van der Waals surface area (Å²) in [5.74, 6) is 0.341. The van der Waals surface area contributed by atoms with Crippen molar-refractivity contribution >= 4 is 16.6 Å². The highest BCUT2D eigenvalue weighted by atomic mass is 16.1. The number of aryl methyl sites for hydroxylation is 1. The normalized spacial score (nSPS) is 10.6. The molecule has 0 amide bonds. The Bertz CT molecular complexity index is 494. The average molecular weight is 212 g/mol. The van der Waals surface area contributed by atoms with E-state index in [4.69, 9.17) is 0 Å². The van der Waals surface area contributed by atoms with Gasteiger partial charge in [0.1, 0.15) is 5.78 Å². The van der Waals surface area contributed by atoms with Crippen molar-refractivity contribution in [2.75, 3.05) is 0 Å². The van der Waals surface area contributed by atoms with Crippen LogP contribution in [0.3, 0.4) is 0 Å². The molecular formula is C15H16O. The number of carbonyl (C=O) groups is 1. The molecule has 0 atom stereocenters. The molecule has 2 aromatic carbocycles. The van der Waals surface area contributed by atoms with Crippen LogP contribution >= 0.6 is 0 Å². The van der Waals surface area contributed by atoms with Crippen LogP contribution in [-0.4, -0.2) is 5.78 Å². The van der Waals surface area contributed by atoms with Crippen LogP contribution in [0.15, 0.2) is 42.5 Å². The fourth-order valence-corrected chi connectivity index (χ4v) is 1.96. The molecule has 0 bridgehead atoms. The molecule has 0 saturated carbocycles. The number of ketones is 1. The van der Waals surface area contributed by atoms with Crippen LogP contribution in [0.2, 0.25) is 0 Å². The molecule has 0 fully saturated rings. The first-order valence-corrected chi connectivity index (χ1v) is 5.79. The van der Waals surface area contributed by atoms with Gasteiger partial charge in [0.05, 0.1) is 0 Å². The lowest BCUT2D eigenvalue weighted by atomic mass is 9.99. The monoisotopic (exact) mass is 212 g/mol. The zero-order valence-electron chi connectivity index (χ0n) is 9.57. The van der Waals surface area contributed by atoms with E-state index in [0.29, 0.717) is 18.6 Å². The van der Waals surface area contributed by atoms with Gasteiger partial charge in [0.2, 0.25) is 0 Å². The Balaban J connectivity index is 2.27. The first-order chi connectivity index (χ1) is 7.81. The molecule has 0 aliphatic heterocycles. The Morgan fingerprint density at radius 2 is 1.81 bits per heavy atom. The standard InChI is InChI=1S/C15H16O/c1-2-14(16)11-10-13-8-5-7-12-6-3-4-9-15(12)13/h3-9H,2,10-11H2,1H3. The molecule has 0 heterocycles. The van der Waals surface area contributed by atoms with Crippen LogP contribution in [0.1, 0.15) is 25.3 Å². The predicted molar refractivity (Wildman–Crippen MR) is 67.6 cm³/mol. The molecule has 0 unspecified atom stereocenters. The van der Waals surface area contributed by atoms with Crippen molar-refractivity contribution in [3.63, 3.8) is 0 Å². The van der Waals surface area contributed by atoms with Gasteiger partial charge in [-0.3, -0.25) is 4.79 Å². The molecule has 0 N–H and O–H groups in total. The van der Waals surface area contributed by atoms with Crippen LogP contribution in [0.5, 0.6) is 0 Å². The third-order valence-electron chi connectivity index (χ3n) is 2.95. The quantitative estimate of drug-likeness (QED) is 0.754. The van der Waals surface area contributed by atoms with Crippen LogP contribution in [-0.2, 0) is 11.2 Å². The van der Waals surface area contributed by atoms with Gasteiger partial charge < -0.3 is 0 Å². The van der Waals surface area contributed by atoms with Gasteiger partial charge in [0, 0.05) is 12.8 Å². The second-order valence-electron chi connectivity index (χ2n) is 4.03. The van der Waals surface area contributed by atoms with Crippen LogP contribution in [0.25, 0.3) is 10.8 Å². The van der Waals surface area contributed by atoms with Crippen LogP contribution < -0.4 is 0 Å². The molecule has 16 heavy (non-hydrogen) atoms. The number of hydrogen-bond donors (Lipinski definition) is 0. The number of fused-ring (bicyclic) bond motifs is 1. The third kappa shape index (κ3) is 2.30. The summed E-state index contributed by atoms with van der Waals surface area (Å²) in [7, 11) is 0. The molecule has 0 aromatic heterocycles. The molecule has 1 heteroatoms. The van der Waals surface area contributed by atoms with E-state index in [9.17, 15) is 4.79 Å². The zero-order chi connectivity index (χ0) is 11.4. The van der Waals surface area contributed by atoms with Gasteiger partial charge in [-0.25, -0.2) is 0 Å². The predicted octanol–water partition coefficient (Wildman–Crippen LogP) is 3.75. The minimum atomic E-state index is 0.341. The van der Waals surface area contributed by atoms with Gasteiger partial charge in [-0.2, -0.15) is 0 Å². The van der Waals surface area contributed by atoms with Crippen molar-refractivity contribution in [2.24, 2.45) is 0 Å². The fraction of sp³-hybridized carbons (Fsp3) is 0.267. The summed E-state index contributed by atoms with van der Waals surface area (Å²) in [6, 6.07) is 14.6. The SMILES string of the molecule is CCC(=O)CCc1cccc2ccccc12.